The van der Waals surface area contributed by atoms with Crippen LogP contribution in [0.2, 0.25) is 0 Å². The maximum atomic E-state index is 2.37. The molecule has 0 saturated heterocycles. The molecule has 114 valence electrons. The number of para-hydroxylation sites is 1. The number of hydrogen-bond donors (Lipinski definition) is 0. The quantitative estimate of drug-likeness (QED) is 0.556. The number of rotatable bonds is 1. The van der Waals surface area contributed by atoms with E-state index in [1.165, 1.54) is 39.6 Å². The first kappa shape index (κ1) is 13.9. The van der Waals surface area contributed by atoms with Gasteiger partial charge in [0.05, 0.1) is 22.7 Å². The van der Waals surface area contributed by atoms with Gasteiger partial charge in [0.1, 0.15) is 0 Å². The number of anilines is 5. The number of nitrogens with zero attached hydrogens (tertiary/aromatic N) is 2. The standard InChI is InChI=1S/C21H20N2/c1-15-9-11-18-20(13-15)23(17-7-5-4-6-8-17)21-14-16(2)10-12-19(21)22(18)3/h4-14H,1-3H3. The van der Waals surface area contributed by atoms with Crippen LogP contribution in [0.1, 0.15) is 11.1 Å². The third-order valence-electron chi connectivity index (χ3n) is 4.48. The van der Waals surface area contributed by atoms with Gasteiger partial charge < -0.3 is 9.80 Å². The fourth-order valence-electron chi connectivity index (χ4n) is 3.31. The summed E-state index contributed by atoms with van der Waals surface area (Å²) >= 11 is 0. The van der Waals surface area contributed by atoms with E-state index < -0.39 is 0 Å². The predicted octanol–water partition coefficient (Wildman–Crippen LogP) is 5.85. The van der Waals surface area contributed by atoms with Crippen LogP contribution in [0.3, 0.4) is 0 Å². The van der Waals surface area contributed by atoms with Gasteiger partial charge in [0.15, 0.2) is 0 Å². The van der Waals surface area contributed by atoms with Gasteiger partial charge in [0, 0.05) is 12.7 Å². The van der Waals surface area contributed by atoms with Crippen LogP contribution in [0, 0.1) is 13.8 Å². The van der Waals surface area contributed by atoms with Crippen molar-refractivity contribution in [2.45, 2.75) is 13.8 Å². The van der Waals surface area contributed by atoms with Crippen LogP contribution in [-0.2, 0) is 0 Å². The first-order chi connectivity index (χ1) is 11.1. The number of aryl methyl sites for hydroxylation is 2. The highest BCUT2D eigenvalue weighted by atomic mass is 15.3. The summed E-state index contributed by atoms with van der Waals surface area (Å²) in [5.41, 5.74) is 8.67. The molecule has 3 aromatic carbocycles. The van der Waals surface area contributed by atoms with E-state index in [9.17, 15) is 0 Å². The molecule has 1 aliphatic rings. The minimum absolute atomic E-state index is 1.19. The van der Waals surface area contributed by atoms with Crippen molar-refractivity contribution in [1.82, 2.24) is 0 Å². The topological polar surface area (TPSA) is 6.48 Å². The lowest BCUT2D eigenvalue weighted by molar-refractivity contribution is 1.12. The zero-order valence-corrected chi connectivity index (χ0v) is 13.7. The Morgan fingerprint density at radius 1 is 0.609 bits per heavy atom. The van der Waals surface area contributed by atoms with Crippen LogP contribution in [0.15, 0.2) is 66.7 Å². The van der Waals surface area contributed by atoms with E-state index in [1.54, 1.807) is 0 Å². The minimum atomic E-state index is 1.19. The second-order valence-electron chi connectivity index (χ2n) is 6.21. The Kier molecular flexibility index (Phi) is 3.12. The minimum Gasteiger partial charge on any atom is -0.341 e. The smallest absolute Gasteiger partial charge is 0.0702 e. The van der Waals surface area contributed by atoms with Crippen molar-refractivity contribution in [3.63, 3.8) is 0 Å². The van der Waals surface area contributed by atoms with Crippen LogP contribution < -0.4 is 9.80 Å². The highest BCUT2D eigenvalue weighted by molar-refractivity contribution is 5.97. The maximum Gasteiger partial charge on any atom is 0.0702 e. The van der Waals surface area contributed by atoms with Crippen LogP contribution >= 0.6 is 0 Å². The Morgan fingerprint density at radius 3 is 1.65 bits per heavy atom. The van der Waals surface area contributed by atoms with E-state index in [-0.39, 0.29) is 0 Å². The first-order valence-electron chi connectivity index (χ1n) is 7.95. The van der Waals surface area contributed by atoms with Crippen molar-refractivity contribution in [2.24, 2.45) is 0 Å². The fraction of sp³-hybridized carbons (Fsp3) is 0.143. The van der Waals surface area contributed by atoms with Crippen molar-refractivity contribution in [1.29, 1.82) is 0 Å². The summed E-state index contributed by atoms with van der Waals surface area (Å²) < 4.78 is 0. The lowest BCUT2D eigenvalue weighted by Crippen LogP contribution is -2.24. The Labute approximate surface area is 137 Å². The van der Waals surface area contributed by atoms with Gasteiger partial charge in [0.2, 0.25) is 0 Å². The summed E-state index contributed by atoms with van der Waals surface area (Å²) in [4.78, 5) is 4.65. The molecule has 1 aliphatic heterocycles. The largest absolute Gasteiger partial charge is 0.341 e. The Bertz CT molecular complexity index is 815. The number of fused-ring (bicyclic) bond motifs is 2. The lowest BCUT2D eigenvalue weighted by atomic mass is 10.0. The summed E-state index contributed by atoms with van der Waals surface area (Å²) in [6, 6.07) is 23.9. The van der Waals surface area contributed by atoms with Gasteiger partial charge in [-0.05, 0) is 61.4 Å². The Morgan fingerprint density at radius 2 is 1.13 bits per heavy atom. The third-order valence-corrected chi connectivity index (χ3v) is 4.48. The van der Waals surface area contributed by atoms with Gasteiger partial charge in [-0.1, -0.05) is 30.3 Å². The first-order valence-corrected chi connectivity index (χ1v) is 7.95. The molecule has 2 nitrogen and oxygen atoms in total. The van der Waals surface area contributed by atoms with Crippen LogP contribution in [0.5, 0.6) is 0 Å². The zero-order chi connectivity index (χ0) is 16.0. The van der Waals surface area contributed by atoms with Gasteiger partial charge >= 0.3 is 0 Å². The summed E-state index contributed by atoms with van der Waals surface area (Å²) in [6.07, 6.45) is 0. The maximum absolute atomic E-state index is 2.37. The van der Waals surface area contributed by atoms with Gasteiger partial charge in [-0.25, -0.2) is 0 Å². The summed E-state index contributed by atoms with van der Waals surface area (Å²) in [5, 5.41) is 0. The van der Waals surface area contributed by atoms with Gasteiger partial charge in [-0.3, -0.25) is 0 Å². The summed E-state index contributed by atoms with van der Waals surface area (Å²) in [6.45, 7) is 4.30. The predicted molar refractivity (Wildman–Crippen MR) is 98.7 cm³/mol. The molecule has 0 aromatic heterocycles. The molecule has 0 radical (unpaired) electrons. The van der Waals surface area contributed by atoms with Crippen molar-refractivity contribution in [3.05, 3.63) is 77.9 Å². The van der Waals surface area contributed by atoms with E-state index in [0.717, 1.165) is 0 Å². The number of hydrogen-bond acceptors (Lipinski definition) is 2. The average molecular weight is 300 g/mol. The summed E-state index contributed by atoms with van der Waals surface area (Å²) in [7, 11) is 2.14. The third kappa shape index (κ3) is 2.18. The van der Waals surface area contributed by atoms with E-state index in [2.05, 4.69) is 97.4 Å². The number of benzene rings is 3. The van der Waals surface area contributed by atoms with E-state index in [1.807, 2.05) is 0 Å². The second-order valence-corrected chi connectivity index (χ2v) is 6.21. The fourth-order valence-corrected chi connectivity index (χ4v) is 3.31. The second kappa shape index (κ2) is 5.17. The van der Waals surface area contributed by atoms with Gasteiger partial charge in [0.25, 0.3) is 0 Å². The molecule has 0 spiro atoms. The Balaban J connectivity index is 2.03. The molecule has 0 bridgehead atoms. The Hall–Kier alpha value is -2.74. The van der Waals surface area contributed by atoms with E-state index in [4.69, 9.17) is 0 Å². The monoisotopic (exact) mass is 300 g/mol. The van der Waals surface area contributed by atoms with E-state index >= 15 is 0 Å². The molecule has 1 heterocycles. The molecule has 2 heteroatoms. The van der Waals surface area contributed by atoms with Gasteiger partial charge in [-0.15, -0.1) is 0 Å². The van der Waals surface area contributed by atoms with Crippen molar-refractivity contribution in [2.75, 3.05) is 16.8 Å². The molecule has 3 aromatic rings. The average Bonchev–Trinajstić information content (AvgIpc) is 2.55. The molecule has 0 aliphatic carbocycles. The van der Waals surface area contributed by atoms with Crippen molar-refractivity contribution >= 4 is 28.4 Å². The SMILES string of the molecule is Cc1ccc2c(c1)N(c1ccccc1)c1cc(C)ccc1N2C. The highest BCUT2D eigenvalue weighted by Gasteiger charge is 2.27. The molecule has 0 saturated carbocycles. The molecular formula is C21H20N2. The van der Waals surface area contributed by atoms with Crippen molar-refractivity contribution in [3.8, 4) is 0 Å². The van der Waals surface area contributed by atoms with Crippen LogP contribution in [0.4, 0.5) is 28.4 Å². The lowest BCUT2D eigenvalue weighted by Gasteiger charge is -2.39. The highest BCUT2D eigenvalue weighted by Crippen LogP contribution is 2.50. The summed E-state index contributed by atoms with van der Waals surface area (Å²) in [5.74, 6) is 0. The van der Waals surface area contributed by atoms with E-state index in [0.29, 0.717) is 0 Å². The van der Waals surface area contributed by atoms with Crippen molar-refractivity contribution < 1.29 is 0 Å². The molecule has 0 amide bonds. The van der Waals surface area contributed by atoms with Gasteiger partial charge in [-0.2, -0.15) is 0 Å². The van der Waals surface area contributed by atoms with Crippen LogP contribution in [-0.4, -0.2) is 7.05 Å². The molecule has 0 atom stereocenters. The zero-order valence-electron chi connectivity index (χ0n) is 13.7. The molecule has 23 heavy (non-hydrogen) atoms. The van der Waals surface area contributed by atoms with Crippen LogP contribution in [0.25, 0.3) is 0 Å². The molecular weight excluding hydrogens is 280 g/mol. The molecule has 4 rings (SSSR count). The molecule has 0 N–H and O–H groups in total. The molecule has 0 fully saturated rings. The molecule has 0 unspecified atom stereocenters. The normalized spacial score (nSPS) is 12.8.